The van der Waals surface area contributed by atoms with Gasteiger partial charge in [-0.3, -0.25) is 4.68 Å². The molecule has 0 saturated heterocycles. The Hall–Kier alpha value is -3.37. The first kappa shape index (κ1) is 18.6. The van der Waals surface area contributed by atoms with E-state index in [0.717, 1.165) is 32.6 Å². The minimum absolute atomic E-state index is 0.250. The van der Waals surface area contributed by atoms with Crippen LogP contribution in [0.5, 0.6) is 5.75 Å². The summed E-state index contributed by atoms with van der Waals surface area (Å²) >= 11 is 3.49. The Morgan fingerprint density at radius 2 is 1.50 bits per heavy atom. The van der Waals surface area contributed by atoms with Crippen LogP contribution in [0.25, 0.3) is 33.3 Å². The zero-order valence-electron chi connectivity index (χ0n) is 16.2. The zero-order chi connectivity index (χ0) is 20.5. The molecule has 5 aromatic rings. The first-order valence-corrected chi connectivity index (χ1v) is 10.6. The first-order valence-electron chi connectivity index (χ1n) is 9.77. The summed E-state index contributed by atoms with van der Waals surface area (Å²) in [4.78, 5) is 0. The average molecular weight is 455 g/mol. The molecule has 4 heteroatoms. The number of fused-ring (bicyclic) bond motifs is 1. The maximum absolute atomic E-state index is 10.5. The molecule has 1 N–H and O–H groups in total. The molecule has 5 rings (SSSR count). The topological polar surface area (TPSA) is 38.1 Å². The van der Waals surface area contributed by atoms with Gasteiger partial charge in [0.1, 0.15) is 5.75 Å². The van der Waals surface area contributed by atoms with Gasteiger partial charge in [0.05, 0.1) is 17.9 Å². The molecule has 0 fully saturated rings. The van der Waals surface area contributed by atoms with Crippen LogP contribution in [0.4, 0.5) is 0 Å². The second-order valence-corrected chi connectivity index (χ2v) is 8.19. The third-order valence-electron chi connectivity index (χ3n) is 5.25. The fraction of sp³-hybridized carbons (Fsp3) is 0.0385. The summed E-state index contributed by atoms with van der Waals surface area (Å²) < 4.78 is 3.01. The highest BCUT2D eigenvalue weighted by atomic mass is 79.9. The van der Waals surface area contributed by atoms with Crippen molar-refractivity contribution in [2.75, 3.05) is 0 Å². The zero-order valence-corrected chi connectivity index (χ0v) is 17.8. The molecular formula is C26H19BrN2O. The Morgan fingerprint density at radius 1 is 0.767 bits per heavy atom. The van der Waals surface area contributed by atoms with Crippen molar-refractivity contribution in [2.24, 2.45) is 0 Å². The van der Waals surface area contributed by atoms with Gasteiger partial charge in [-0.15, -0.1) is 0 Å². The number of phenols is 1. The summed E-state index contributed by atoms with van der Waals surface area (Å²) in [6.07, 6.45) is 0. The second-order valence-electron chi connectivity index (χ2n) is 7.28. The predicted octanol–water partition coefficient (Wildman–Crippen LogP) is 6.89. The molecule has 30 heavy (non-hydrogen) atoms. The highest BCUT2D eigenvalue weighted by molar-refractivity contribution is 9.10. The van der Waals surface area contributed by atoms with E-state index in [1.54, 1.807) is 6.07 Å². The number of para-hydroxylation sites is 1. The highest BCUT2D eigenvalue weighted by Crippen LogP contribution is 2.33. The lowest BCUT2D eigenvalue weighted by Crippen LogP contribution is -2.04. The van der Waals surface area contributed by atoms with Gasteiger partial charge in [-0.1, -0.05) is 76.6 Å². The molecule has 1 heterocycles. The quantitative estimate of drug-likeness (QED) is 0.321. The number of phenolic OH excluding ortho intramolecular Hbond substituents is 1. The van der Waals surface area contributed by atoms with Crippen LogP contribution < -0.4 is 0 Å². The molecule has 0 aliphatic heterocycles. The number of nitrogens with zero attached hydrogens (tertiary/aromatic N) is 2. The van der Waals surface area contributed by atoms with E-state index in [1.807, 2.05) is 47.1 Å². The van der Waals surface area contributed by atoms with Crippen molar-refractivity contribution < 1.29 is 5.11 Å². The standard InChI is InChI=1S/C26H19BrN2O/c27-22-13-9-18(10-14-22)17-29-25(23-7-3-4-8-26(23)30)16-24(28-29)21-12-11-19-5-1-2-6-20(19)15-21/h1-16,30H,17H2. The van der Waals surface area contributed by atoms with Gasteiger partial charge < -0.3 is 5.11 Å². The molecule has 0 radical (unpaired) electrons. The third kappa shape index (κ3) is 3.62. The summed E-state index contributed by atoms with van der Waals surface area (Å²) in [5.74, 6) is 0.250. The molecule has 0 bridgehead atoms. The number of hydrogen-bond acceptors (Lipinski definition) is 2. The Bertz CT molecular complexity index is 1340. The number of aromatic hydroxyl groups is 1. The molecule has 146 valence electrons. The molecule has 4 aromatic carbocycles. The Kier molecular flexibility index (Phi) is 4.85. The summed E-state index contributed by atoms with van der Waals surface area (Å²) in [6, 6.07) is 32.4. The molecule has 0 spiro atoms. The predicted molar refractivity (Wildman–Crippen MR) is 126 cm³/mol. The molecule has 1 aromatic heterocycles. The van der Waals surface area contributed by atoms with E-state index in [2.05, 4.69) is 64.5 Å². The first-order chi connectivity index (χ1) is 14.7. The lowest BCUT2D eigenvalue weighted by Gasteiger charge is -2.09. The van der Waals surface area contributed by atoms with Crippen LogP contribution in [-0.4, -0.2) is 14.9 Å². The van der Waals surface area contributed by atoms with Crippen molar-refractivity contribution in [3.63, 3.8) is 0 Å². The van der Waals surface area contributed by atoms with Crippen LogP contribution in [0.1, 0.15) is 5.56 Å². The van der Waals surface area contributed by atoms with Crippen LogP contribution >= 0.6 is 15.9 Å². The van der Waals surface area contributed by atoms with E-state index in [9.17, 15) is 5.11 Å². The molecule has 0 atom stereocenters. The Morgan fingerprint density at radius 3 is 2.30 bits per heavy atom. The van der Waals surface area contributed by atoms with Gasteiger partial charge in [-0.2, -0.15) is 5.10 Å². The maximum atomic E-state index is 10.5. The van der Waals surface area contributed by atoms with Gasteiger partial charge in [0, 0.05) is 15.6 Å². The second kappa shape index (κ2) is 7.81. The smallest absolute Gasteiger partial charge is 0.124 e. The third-order valence-corrected chi connectivity index (χ3v) is 5.78. The summed E-state index contributed by atoms with van der Waals surface area (Å²) in [7, 11) is 0. The van der Waals surface area contributed by atoms with E-state index in [-0.39, 0.29) is 5.75 Å². The van der Waals surface area contributed by atoms with Gasteiger partial charge in [0.25, 0.3) is 0 Å². The van der Waals surface area contributed by atoms with Gasteiger partial charge in [-0.05, 0) is 52.7 Å². The largest absolute Gasteiger partial charge is 0.507 e. The van der Waals surface area contributed by atoms with Crippen molar-refractivity contribution in [2.45, 2.75) is 6.54 Å². The maximum Gasteiger partial charge on any atom is 0.124 e. The van der Waals surface area contributed by atoms with E-state index in [0.29, 0.717) is 6.54 Å². The molecule has 0 unspecified atom stereocenters. The summed E-state index contributed by atoms with van der Waals surface area (Å²) in [5, 5.41) is 17.8. The van der Waals surface area contributed by atoms with E-state index in [4.69, 9.17) is 5.10 Å². The van der Waals surface area contributed by atoms with E-state index < -0.39 is 0 Å². The van der Waals surface area contributed by atoms with Crippen molar-refractivity contribution >= 4 is 26.7 Å². The average Bonchev–Trinajstić information content (AvgIpc) is 3.19. The van der Waals surface area contributed by atoms with Crippen LogP contribution in [0.2, 0.25) is 0 Å². The number of aromatic nitrogens is 2. The van der Waals surface area contributed by atoms with Crippen LogP contribution in [-0.2, 0) is 6.54 Å². The Balaban J connectivity index is 1.63. The lowest BCUT2D eigenvalue weighted by atomic mass is 10.0. The lowest BCUT2D eigenvalue weighted by molar-refractivity contribution is 0.476. The number of rotatable bonds is 4. The van der Waals surface area contributed by atoms with Crippen molar-refractivity contribution in [1.29, 1.82) is 0 Å². The fourth-order valence-corrected chi connectivity index (χ4v) is 3.96. The number of benzene rings is 4. The van der Waals surface area contributed by atoms with Crippen molar-refractivity contribution in [3.05, 3.63) is 107 Å². The summed E-state index contributed by atoms with van der Waals surface area (Å²) in [5.41, 5.74) is 4.74. The molecular weight excluding hydrogens is 436 g/mol. The minimum atomic E-state index is 0.250. The fourth-order valence-electron chi connectivity index (χ4n) is 3.70. The molecule has 0 aliphatic rings. The molecule has 0 aliphatic carbocycles. The Labute approximate surface area is 183 Å². The molecule has 0 amide bonds. The van der Waals surface area contributed by atoms with Gasteiger partial charge in [0.15, 0.2) is 0 Å². The molecule has 0 saturated carbocycles. The monoisotopic (exact) mass is 454 g/mol. The normalized spacial score (nSPS) is 11.1. The summed E-state index contributed by atoms with van der Waals surface area (Å²) in [6.45, 7) is 0.616. The van der Waals surface area contributed by atoms with Crippen LogP contribution in [0.3, 0.4) is 0 Å². The van der Waals surface area contributed by atoms with Crippen molar-refractivity contribution in [1.82, 2.24) is 9.78 Å². The minimum Gasteiger partial charge on any atom is -0.507 e. The van der Waals surface area contributed by atoms with Crippen molar-refractivity contribution in [3.8, 4) is 28.3 Å². The van der Waals surface area contributed by atoms with Gasteiger partial charge >= 0.3 is 0 Å². The number of halogens is 1. The van der Waals surface area contributed by atoms with Gasteiger partial charge in [0.2, 0.25) is 0 Å². The van der Waals surface area contributed by atoms with Crippen LogP contribution in [0.15, 0.2) is 102 Å². The molecule has 3 nitrogen and oxygen atoms in total. The highest BCUT2D eigenvalue weighted by Gasteiger charge is 2.15. The van der Waals surface area contributed by atoms with E-state index in [1.165, 1.54) is 10.8 Å². The van der Waals surface area contributed by atoms with E-state index >= 15 is 0 Å². The SMILES string of the molecule is Oc1ccccc1-c1cc(-c2ccc3ccccc3c2)nn1Cc1ccc(Br)cc1. The van der Waals surface area contributed by atoms with Gasteiger partial charge in [-0.25, -0.2) is 0 Å². The van der Waals surface area contributed by atoms with Crippen LogP contribution in [0, 0.1) is 0 Å². The number of hydrogen-bond donors (Lipinski definition) is 1.